The summed E-state index contributed by atoms with van der Waals surface area (Å²) in [6, 6.07) is -0.0349. The minimum atomic E-state index is -0.441. The monoisotopic (exact) mass is 213 g/mol. The number of methoxy groups -OCH3 is 1. The Bertz CT molecular complexity index is 250. The number of Topliss-reactive ketones (excluding diaryl/α,β-unsaturated/α-hetero) is 1. The van der Waals surface area contributed by atoms with E-state index in [-0.39, 0.29) is 23.7 Å². The van der Waals surface area contributed by atoms with Gasteiger partial charge < -0.3 is 10.1 Å². The topological polar surface area (TPSA) is 55.4 Å². The first-order valence-corrected chi connectivity index (χ1v) is 5.44. The largest absolute Gasteiger partial charge is 0.453 e. The predicted molar refractivity (Wildman–Crippen MR) is 56.5 cm³/mol. The van der Waals surface area contributed by atoms with E-state index in [0.29, 0.717) is 0 Å². The number of ketones is 1. The van der Waals surface area contributed by atoms with Crippen molar-refractivity contribution in [1.29, 1.82) is 0 Å². The second kappa shape index (κ2) is 5.14. The van der Waals surface area contributed by atoms with Gasteiger partial charge in [0.2, 0.25) is 0 Å². The highest BCUT2D eigenvalue weighted by molar-refractivity contribution is 5.84. The van der Waals surface area contributed by atoms with E-state index >= 15 is 0 Å². The molecule has 0 aliphatic heterocycles. The quantitative estimate of drug-likeness (QED) is 0.776. The van der Waals surface area contributed by atoms with Crippen molar-refractivity contribution in [2.75, 3.05) is 7.11 Å². The minimum absolute atomic E-state index is 0.0240. The minimum Gasteiger partial charge on any atom is -0.453 e. The lowest BCUT2D eigenvalue weighted by Gasteiger charge is -2.20. The number of rotatable bonds is 3. The molecule has 0 radical (unpaired) electrons. The lowest BCUT2D eigenvalue weighted by Crippen LogP contribution is -2.41. The van der Waals surface area contributed by atoms with Gasteiger partial charge in [0.15, 0.2) is 0 Å². The molecule has 1 N–H and O–H groups in total. The van der Waals surface area contributed by atoms with Gasteiger partial charge in [-0.3, -0.25) is 4.79 Å². The lowest BCUT2D eigenvalue weighted by molar-refractivity contribution is -0.126. The van der Waals surface area contributed by atoms with Crippen LogP contribution in [-0.4, -0.2) is 25.0 Å². The molecule has 2 atom stereocenters. The zero-order valence-corrected chi connectivity index (χ0v) is 9.58. The van der Waals surface area contributed by atoms with Crippen molar-refractivity contribution in [3.05, 3.63) is 0 Å². The number of hydrogen-bond acceptors (Lipinski definition) is 3. The molecule has 0 heterocycles. The molecular formula is C11H19NO3. The number of hydrogen-bond donors (Lipinski definition) is 1. The maximum atomic E-state index is 11.8. The Kier molecular flexibility index (Phi) is 4.12. The summed E-state index contributed by atoms with van der Waals surface area (Å²) >= 11 is 0. The van der Waals surface area contributed by atoms with Crippen LogP contribution in [-0.2, 0) is 9.53 Å². The fourth-order valence-electron chi connectivity index (χ4n) is 2.11. The molecule has 4 nitrogen and oxygen atoms in total. The van der Waals surface area contributed by atoms with Gasteiger partial charge in [-0.05, 0) is 12.8 Å². The van der Waals surface area contributed by atoms with Gasteiger partial charge in [-0.25, -0.2) is 4.79 Å². The summed E-state index contributed by atoms with van der Waals surface area (Å²) in [4.78, 5) is 22.9. The Morgan fingerprint density at radius 2 is 2.00 bits per heavy atom. The molecular weight excluding hydrogens is 194 g/mol. The molecule has 1 aliphatic carbocycles. The summed E-state index contributed by atoms with van der Waals surface area (Å²) < 4.78 is 4.54. The van der Waals surface area contributed by atoms with Crippen LogP contribution in [0, 0.1) is 11.8 Å². The predicted octanol–water partition coefficient (Wildman–Crippen LogP) is 1.74. The highest BCUT2D eigenvalue weighted by Gasteiger charge is 2.34. The highest BCUT2D eigenvalue weighted by atomic mass is 16.5. The molecule has 0 bridgehead atoms. The van der Waals surface area contributed by atoms with Crippen molar-refractivity contribution < 1.29 is 14.3 Å². The second-order valence-electron chi connectivity index (χ2n) is 4.34. The molecule has 0 aromatic carbocycles. The fourth-order valence-corrected chi connectivity index (χ4v) is 2.11. The molecule has 1 aliphatic rings. The third kappa shape index (κ3) is 2.94. The summed E-state index contributed by atoms with van der Waals surface area (Å²) in [6.07, 6.45) is 2.31. The molecule has 0 saturated heterocycles. The molecule has 0 spiro atoms. The van der Waals surface area contributed by atoms with E-state index in [2.05, 4.69) is 10.1 Å². The number of alkyl carbamates (subject to hydrolysis) is 1. The third-order valence-corrected chi connectivity index (χ3v) is 2.94. The summed E-state index contributed by atoms with van der Waals surface area (Å²) in [5.41, 5.74) is 0. The van der Waals surface area contributed by atoms with Crippen molar-refractivity contribution in [2.24, 2.45) is 11.8 Å². The average molecular weight is 213 g/mol. The molecule has 0 aromatic rings. The van der Waals surface area contributed by atoms with E-state index in [0.717, 1.165) is 19.3 Å². The van der Waals surface area contributed by atoms with E-state index in [4.69, 9.17) is 0 Å². The smallest absolute Gasteiger partial charge is 0.407 e. The van der Waals surface area contributed by atoms with E-state index in [1.54, 1.807) is 0 Å². The molecule has 15 heavy (non-hydrogen) atoms. The molecule has 86 valence electrons. The van der Waals surface area contributed by atoms with Gasteiger partial charge in [0.05, 0.1) is 7.11 Å². The Balaban J connectivity index is 2.57. The third-order valence-electron chi connectivity index (χ3n) is 2.94. The van der Waals surface area contributed by atoms with Crippen LogP contribution in [0.15, 0.2) is 0 Å². The lowest BCUT2D eigenvalue weighted by atomic mass is 9.91. The van der Waals surface area contributed by atoms with Gasteiger partial charge in [0.25, 0.3) is 0 Å². The molecule has 4 heteroatoms. The van der Waals surface area contributed by atoms with Crippen LogP contribution in [0.3, 0.4) is 0 Å². The van der Waals surface area contributed by atoms with Crippen molar-refractivity contribution >= 4 is 11.9 Å². The summed E-state index contributed by atoms with van der Waals surface area (Å²) in [5, 5.41) is 2.73. The molecule has 1 rings (SSSR count). The van der Waals surface area contributed by atoms with Crippen molar-refractivity contribution in [2.45, 2.75) is 39.2 Å². The Labute approximate surface area is 90.4 Å². The van der Waals surface area contributed by atoms with Crippen LogP contribution in [0.25, 0.3) is 0 Å². The van der Waals surface area contributed by atoms with Gasteiger partial charge in [0, 0.05) is 17.9 Å². The first kappa shape index (κ1) is 12.0. The number of nitrogens with one attached hydrogen (secondary N) is 1. The fraction of sp³-hybridized carbons (Fsp3) is 0.818. The van der Waals surface area contributed by atoms with E-state index in [9.17, 15) is 9.59 Å². The van der Waals surface area contributed by atoms with Crippen molar-refractivity contribution in [3.8, 4) is 0 Å². The average Bonchev–Trinajstić information content (AvgIpc) is 2.64. The van der Waals surface area contributed by atoms with Crippen LogP contribution < -0.4 is 5.32 Å². The number of amides is 1. The Morgan fingerprint density at radius 3 is 2.53 bits per heavy atom. The maximum Gasteiger partial charge on any atom is 0.407 e. The molecule has 1 amide bonds. The molecule has 1 saturated carbocycles. The van der Waals surface area contributed by atoms with E-state index < -0.39 is 6.09 Å². The van der Waals surface area contributed by atoms with Crippen molar-refractivity contribution in [3.63, 3.8) is 0 Å². The van der Waals surface area contributed by atoms with Crippen LogP contribution >= 0.6 is 0 Å². The maximum absolute atomic E-state index is 11.8. The van der Waals surface area contributed by atoms with Gasteiger partial charge in [-0.15, -0.1) is 0 Å². The van der Waals surface area contributed by atoms with Gasteiger partial charge in [-0.1, -0.05) is 20.3 Å². The summed E-state index contributed by atoms with van der Waals surface area (Å²) in [5.74, 6) is 0.257. The normalized spacial score (nSPS) is 25.3. The molecule has 1 fully saturated rings. The van der Waals surface area contributed by atoms with Crippen LogP contribution in [0.1, 0.15) is 33.1 Å². The summed E-state index contributed by atoms with van der Waals surface area (Å²) in [7, 11) is 1.34. The van der Waals surface area contributed by atoms with Crippen LogP contribution in [0.2, 0.25) is 0 Å². The first-order chi connectivity index (χ1) is 7.06. The Hall–Kier alpha value is -1.06. The highest BCUT2D eigenvalue weighted by Crippen LogP contribution is 2.28. The second-order valence-corrected chi connectivity index (χ2v) is 4.34. The van der Waals surface area contributed by atoms with Crippen molar-refractivity contribution in [1.82, 2.24) is 5.32 Å². The number of carbonyl (C=O) groups excluding carboxylic acids is 2. The SMILES string of the molecule is COC(=O)NC1CCCC1C(=O)C(C)C. The zero-order chi connectivity index (χ0) is 11.4. The standard InChI is InChI=1S/C11H19NO3/c1-7(2)10(13)8-5-4-6-9(8)12-11(14)15-3/h7-9H,4-6H2,1-3H3,(H,12,14). The van der Waals surface area contributed by atoms with Gasteiger partial charge in [-0.2, -0.15) is 0 Å². The Morgan fingerprint density at radius 1 is 1.33 bits per heavy atom. The van der Waals surface area contributed by atoms with Gasteiger partial charge in [0.1, 0.15) is 5.78 Å². The molecule has 0 aromatic heterocycles. The van der Waals surface area contributed by atoms with E-state index in [1.807, 2.05) is 13.8 Å². The first-order valence-electron chi connectivity index (χ1n) is 5.44. The van der Waals surface area contributed by atoms with Crippen LogP contribution in [0.4, 0.5) is 4.79 Å². The van der Waals surface area contributed by atoms with E-state index in [1.165, 1.54) is 7.11 Å². The van der Waals surface area contributed by atoms with Crippen LogP contribution in [0.5, 0.6) is 0 Å². The zero-order valence-electron chi connectivity index (χ0n) is 9.58. The number of carbonyl (C=O) groups is 2. The van der Waals surface area contributed by atoms with Gasteiger partial charge >= 0.3 is 6.09 Å². The number of ether oxygens (including phenoxy) is 1. The molecule has 2 unspecified atom stereocenters. The summed E-state index contributed by atoms with van der Waals surface area (Å²) in [6.45, 7) is 3.80.